The summed E-state index contributed by atoms with van der Waals surface area (Å²) in [6.45, 7) is 0.620. The molecule has 2 fully saturated rings. The molecular formula is C19H25N7O2. The van der Waals surface area contributed by atoms with Gasteiger partial charge in [0.2, 0.25) is 5.91 Å². The maximum absolute atomic E-state index is 12.8. The third-order valence-electron chi connectivity index (χ3n) is 5.50. The van der Waals surface area contributed by atoms with E-state index in [1.54, 1.807) is 21.7 Å². The van der Waals surface area contributed by atoms with Gasteiger partial charge >= 0.3 is 6.03 Å². The molecule has 4 rings (SSSR count). The van der Waals surface area contributed by atoms with Crippen LogP contribution in [0, 0.1) is 0 Å². The van der Waals surface area contributed by atoms with Crippen LogP contribution >= 0.6 is 0 Å². The van der Waals surface area contributed by atoms with Gasteiger partial charge in [0, 0.05) is 18.3 Å². The van der Waals surface area contributed by atoms with E-state index in [1.807, 2.05) is 12.1 Å². The lowest BCUT2D eigenvalue weighted by atomic mass is 9.96. The molecule has 28 heavy (non-hydrogen) atoms. The van der Waals surface area contributed by atoms with Crippen LogP contribution in [-0.2, 0) is 4.79 Å². The molecule has 0 unspecified atom stereocenters. The van der Waals surface area contributed by atoms with E-state index in [0.717, 1.165) is 37.8 Å². The Morgan fingerprint density at radius 3 is 2.50 bits per heavy atom. The first-order chi connectivity index (χ1) is 13.7. The molecule has 2 aliphatic rings. The number of hydrogen-bond acceptors (Lipinski definition) is 5. The van der Waals surface area contributed by atoms with E-state index in [2.05, 4.69) is 26.2 Å². The predicted molar refractivity (Wildman–Crippen MR) is 103 cm³/mol. The Balaban J connectivity index is 1.36. The van der Waals surface area contributed by atoms with Gasteiger partial charge in [0.1, 0.15) is 12.4 Å². The van der Waals surface area contributed by atoms with E-state index in [1.165, 1.54) is 12.7 Å². The number of tetrazole rings is 1. The molecule has 9 nitrogen and oxygen atoms in total. The standard InChI is InChI=1S/C19H25N7O2/c27-18(21-15-8-10-16(11-9-15)26-13-20-23-24-26)17-7-4-12-25(17)19(28)22-14-5-2-1-3-6-14/h8-11,13-14,17H,1-7,12H2,(H,21,27)(H,22,28)/t17-/m0/s1. The highest BCUT2D eigenvalue weighted by molar-refractivity contribution is 5.97. The predicted octanol–water partition coefficient (Wildman–Crippen LogP) is 2.11. The lowest BCUT2D eigenvalue weighted by molar-refractivity contribution is -0.119. The summed E-state index contributed by atoms with van der Waals surface area (Å²) in [5.74, 6) is -0.147. The van der Waals surface area contributed by atoms with E-state index in [-0.39, 0.29) is 18.0 Å². The number of carbonyl (C=O) groups is 2. The number of carbonyl (C=O) groups excluding carboxylic acids is 2. The van der Waals surface area contributed by atoms with Crippen molar-refractivity contribution in [2.24, 2.45) is 0 Å². The number of anilines is 1. The van der Waals surface area contributed by atoms with Crippen molar-refractivity contribution in [3.05, 3.63) is 30.6 Å². The molecular weight excluding hydrogens is 358 g/mol. The molecule has 9 heteroatoms. The van der Waals surface area contributed by atoms with Crippen molar-refractivity contribution in [1.82, 2.24) is 30.4 Å². The normalized spacial score (nSPS) is 20.1. The Hall–Kier alpha value is -2.97. The minimum Gasteiger partial charge on any atom is -0.335 e. The number of amides is 3. The van der Waals surface area contributed by atoms with Crippen LogP contribution in [0.15, 0.2) is 30.6 Å². The summed E-state index contributed by atoms with van der Waals surface area (Å²) in [7, 11) is 0. The average Bonchev–Trinajstić information content (AvgIpc) is 3.41. The summed E-state index contributed by atoms with van der Waals surface area (Å²) in [5, 5.41) is 17.1. The van der Waals surface area contributed by atoms with Gasteiger partial charge in [0.25, 0.3) is 0 Å². The van der Waals surface area contributed by atoms with Gasteiger partial charge in [0.15, 0.2) is 0 Å². The zero-order valence-corrected chi connectivity index (χ0v) is 15.8. The number of hydrogen-bond donors (Lipinski definition) is 2. The third-order valence-corrected chi connectivity index (χ3v) is 5.50. The molecule has 148 valence electrons. The highest BCUT2D eigenvalue weighted by atomic mass is 16.2. The summed E-state index contributed by atoms with van der Waals surface area (Å²) in [6.07, 6.45) is 8.67. The van der Waals surface area contributed by atoms with Crippen molar-refractivity contribution in [1.29, 1.82) is 0 Å². The Bertz CT molecular complexity index is 800. The number of nitrogens with zero attached hydrogens (tertiary/aromatic N) is 5. The zero-order chi connectivity index (χ0) is 19.3. The third kappa shape index (κ3) is 4.13. The number of benzene rings is 1. The first kappa shape index (κ1) is 18.4. The van der Waals surface area contributed by atoms with Crippen molar-refractivity contribution >= 4 is 17.6 Å². The van der Waals surface area contributed by atoms with Gasteiger partial charge < -0.3 is 15.5 Å². The van der Waals surface area contributed by atoms with Crippen molar-refractivity contribution in [3.63, 3.8) is 0 Å². The molecule has 0 spiro atoms. The molecule has 1 saturated heterocycles. The van der Waals surface area contributed by atoms with Crippen molar-refractivity contribution in [2.45, 2.75) is 57.0 Å². The molecule has 0 radical (unpaired) electrons. The van der Waals surface area contributed by atoms with Crippen LogP contribution in [0.2, 0.25) is 0 Å². The fraction of sp³-hybridized carbons (Fsp3) is 0.526. The summed E-state index contributed by atoms with van der Waals surface area (Å²) >= 11 is 0. The number of urea groups is 1. The molecule has 1 aliphatic carbocycles. The fourth-order valence-corrected chi connectivity index (χ4v) is 3.99. The highest BCUT2D eigenvalue weighted by Gasteiger charge is 2.35. The van der Waals surface area contributed by atoms with Crippen LogP contribution in [0.1, 0.15) is 44.9 Å². The topological polar surface area (TPSA) is 105 Å². The van der Waals surface area contributed by atoms with Crippen LogP contribution in [0.3, 0.4) is 0 Å². The monoisotopic (exact) mass is 383 g/mol. The van der Waals surface area contributed by atoms with Gasteiger partial charge in [-0.2, -0.15) is 0 Å². The van der Waals surface area contributed by atoms with Gasteiger partial charge in [-0.25, -0.2) is 9.48 Å². The Kier molecular flexibility index (Phi) is 5.50. The van der Waals surface area contributed by atoms with Crippen LogP contribution in [-0.4, -0.2) is 55.7 Å². The molecule has 1 aromatic heterocycles. The molecule has 2 aromatic rings. The van der Waals surface area contributed by atoms with Crippen molar-refractivity contribution in [3.8, 4) is 5.69 Å². The van der Waals surface area contributed by atoms with Gasteiger partial charge in [-0.1, -0.05) is 19.3 Å². The largest absolute Gasteiger partial charge is 0.335 e. The number of nitrogens with one attached hydrogen (secondary N) is 2. The van der Waals surface area contributed by atoms with E-state index in [9.17, 15) is 9.59 Å². The summed E-state index contributed by atoms with van der Waals surface area (Å²) in [4.78, 5) is 27.1. The van der Waals surface area contributed by atoms with Gasteiger partial charge in [-0.05, 0) is 60.4 Å². The quantitative estimate of drug-likeness (QED) is 0.841. The van der Waals surface area contributed by atoms with Gasteiger partial charge in [-0.3, -0.25) is 4.79 Å². The summed E-state index contributed by atoms with van der Waals surface area (Å²) in [5.41, 5.74) is 1.48. The van der Waals surface area contributed by atoms with Crippen LogP contribution in [0.5, 0.6) is 0 Å². The number of aromatic nitrogens is 4. The second kappa shape index (κ2) is 8.37. The molecule has 3 amide bonds. The van der Waals surface area contributed by atoms with Gasteiger partial charge in [-0.15, -0.1) is 5.10 Å². The molecule has 1 atom stereocenters. The van der Waals surface area contributed by atoms with E-state index in [4.69, 9.17) is 0 Å². The minimum absolute atomic E-state index is 0.112. The van der Waals surface area contributed by atoms with Crippen LogP contribution in [0.25, 0.3) is 5.69 Å². The lowest BCUT2D eigenvalue weighted by Gasteiger charge is -2.29. The van der Waals surface area contributed by atoms with E-state index in [0.29, 0.717) is 18.7 Å². The second-order valence-electron chi connectivity index (χ2n) is 7.43. The maximum atomic E-state index is 12.8. The Labute approximate surface area is 163 Å². The van der Waals surface area contributed by atoms with E-state index < -0.39 is 6.04 Å². The fourth-order valence-electron chi connectivity index (χ4n) is 3.99. The SMILES string of the molecule is O=C(Nc1ccc(-n2cnnn2)cc1)[C@@H]1CCCN1C(=O)NC1CCCCC1. The van der Waals surface area contributed by atoms with Crippen LogP contribution < -0.4 is 10.6 Å². The number of likely N-dealkylation sites (tertiary alicyclic amines) is 1. The maximum Gasteiger partial charge on any atom is 0.318 e. The Morgan fingerprint density at radius 1 is 1.00 bits per heavy atom. The highest BCUT2D eigenvalue weighted by Crippen LogP contribution is 2.22. The average molecular weight is 383 g/mol. The Morgan fingerprint density at radius 2 is 1.79 bits per heavy atom. The molecule has 1 saturated carbocycles. The lowest BCUT2D eigenvalue weighted by Crippen LogP contribution is -2.50. The summed E-state index contributed by atoms with van der Waals surface area (Å²) in [6, 6.07) is 6.96. The molecule has 2 N–H and O–H groups in total. The van der Waals surface area contributed by atoms with Crippen molar-refractivity contribution in [2.75, 3.05) is 11.9 Å². The minimum atomic E-state index is -0.428. The van der Waals surface area contributed by atoms with Crippen molar-refractivity contribution < 1.29 is 9.59 Å². The zero-order valence-electron chi connectivity index (χ0n) is 15.8. The molecule has 1 aromatic carbocycles. The first-order valence-electron chi connectivity index (χ1n) is 9.92. The molecule has 0 bridgehead atoms. The number of rotatable bonds is 4. The van der Waals surface area contributed by atoms with Gasteiger partial charge in [0.05, 0.1) is 5.69 Å². The first-order valence-corrected chi connectivity index (χ1v) is 9.92. The second-order valence-corrected chi connectivity index (χ2v) is 7.43. The molecule has 1 aliphatic heterocycles. The smallest absolute Gasteiger partial charge is 0.318 e. The van der Waals surface area contributed by atoms with E-state index >= 15 is 0 Å². The molecule has 2 heterocycles. The van der Waals surface area contributed by atoms with Crippen LogP contribution in [0.4, 0.5) is 10.5 Å². The summed E-state index contributed by atoms with van der Waals surface area (Å²) < 4.78 is 1.54.